The molecule has 1 N–H and O–H groups in total. The van der Waals surface area contributed by atoms with E-state index < -0.39 is 0 Å². The zero-order chi connectivity index (χ0) is 13.6. The molecule has 20 heavy (non-hydrogen) atoms. The largest absolute Gasteiger partial charge is 0.311 e. The summed E-state index contributed by atoms with van der Waals surface area (Å²) >= 11 is 1.77. The van der Waals surface area contributed by atoms with E-state index in [0.29, 0.717) is 6.04 Å². The van der Waals surface area contributed by atoms with Crippen LogP contribution in [0, 0.1) is 0 Å². The molecule has 3 rings (SSSR count). The van der Waals surface area contributed by atoms with Gasteiger partial charge in [-0.05, 0) is 54.3 Å². The van der Waals surface area contributed by atoms with E-state index >= 15 is 0 Å². The van der Waals surface area contributed by atoms with Crippen LogP contribution in [-0.2, 0) is 13.0 Å². The highest BCUT2D eigenvalue weighted by Gasteiger charge is 2.15. The van der Waals surface area contributed by atoms with Crippen LogP contribution in [-0.4, -0.2) is 16.3 Å². The normalized spacial score (nSPS) is 16.6. The Labute approximate surface area is 125 Å². The van der Waals surface area contributed by atoms with Crippen LogP contribution in [0.15, 0.2) is 29.1 Å². The van der Waals surface area contributed by atoms with Gasteiger partial charge in [0, 0.05) is 12.7 Å². The average molecular weight is 289 g/mol. The molecule has 3 nitrogen and oxygen atoms in total. The molecule has 0 aromatic carbocycles. The van der Waals surface area contributed by atoms with Crippen molar-refractivity contribution in [1.29, 1.82) is 0 Å². The molecule has 4 heteroatoms. The molecule has 0 aliphatic heterocycles. The first-order chi connectivity index (χ1) is 9.92. The zero-order valence-corrected chi connectivity index (χ0v) is 12.7. The van der Waals surface area contributed by atoms with Gasteiger partial charge >= 0.3 is 0 Å². The standard InChI is InChI=1S/C16H23N3S/c1-2-4-16(5-3-1)19-10-7-15(18-19)12-17-9-6-14-8-11-20-13-14/h7-8,10-11,13,16-17H,1-6,9,12H2. The molecule has 2 aromatic heterocycles. The molecule has 0 spiro atoms. The lowest BCUT2D eigenvalue weighted by Gasteiger charge is -2.21. The lowest BCUT2D eigenvalue weighted by Crippen LogP contribution is -2.18. The molecular formula is C16H23N3S. The minimum atomic E-state index is 0.642. The Morgan fingerprint density at radius 1 is 1.25 bits per heavy atom. The van der Waals surface area contributed by atoms with Gasteiger partial charge in [0.1, 0.15) is 0 Å². The lowest BCUT2D eigenvalue weighted by molar-refractivity contribution is 0.327. The van der Waals surface area contributed by atoms with E-state index in [4.69, 9.17) is 5.10 Å². The Hall–Kier alpha value is -1.13. The van der Waals surface area contributed by atoms with Crippen molar-refractivity contribution in [2.45, 2.75) is 51.1 Å². The van der Waals surface area contributed by atoms with Crippen molar-refractivity contribution in [2.24, 2.45) is 0 Å². The summed E-state index contributed by atoms with van der Waals surface area (Å²) < 4.78 is 2.19. The molecule has 1 aliphatic carbocycles. The maximum absolute atomic E-state index is 4.72. The molecule has 0 amide bonds. The van der Waals surface area contributed by atoms with Crippen LogP contribution in [0.2, 0.25) is 0 Å². The maximum Gasteiger partial charge on any atom is 0.0762 e. The summed E-state index contributed by atoms with van der Waals surface area (Å²) in [6, 6.07) is 5.00. The minimum absolute atomic E-state index is 0.642. The Balaban J connectivity index is 1.42. The molecular weight excluding hydrogens is 266 g/mol. The second-order valence-electron chi connectivity index (χ2n) is 5.64. The fourth-order valence-electron chi connectivity index (χ4n) is 2.90. The first kappa shape index (κ1) is 13.8. The Morgan fingerprint density at radius 2 is 2.15 bits per heavy atom. The molecule has 0 atom stereocenters. The fourth-order valence-corrected chi connectivity index (χ4v) is 3.61. The van der Waals surface area contributed by atoms with Crippen LogP contribution in [0.25, 0.3) is 0 Å². The van der Waals surface area contributed by atoms with Gasteiger partial charge in [-0.2, -0.15) is 16.4 Å². The second kappa shape index (κ2) is 7.04. The summed E-state index contributed by atoms with van der Waals surface area (Å²) in [5.74, 6) is 0. The van der Waals surface area contributed by atoms with Gasteiger partial charge in [0.25, 0.3) is 0 Å². The molecule has 2 aromatic rings. The highest BCUT2D eigenvalue weighted by molar-refractivity contribution is 7.07. The third-order valence-electron chi connectivity index (χ3n) is 4.09. The van der Waals surface area contributed by atoms with Gasteiger partial charge in [-0.1, -0.05) is 19.3 Å². The van der Waals surface area contributed by atoms with Crippen LogP contribution in [0.5, 0.6) is 0 Å². The van der Waals surface area contributed by atoms with Gasteiger partial charge in [-0.3, -0.25) is 4.68 Å². The molecule has 108 valence electrons. The van der Waals surface area contributed by atoms with Crippen molar-refractivity contribution in [3.05, 3.63) is 40.3 Å². The monoisotopic (exact) mass is 289 g/mol. The zero-order valence-electron chi connectivity index (χ0n) is 11.9. The SMILES string of the molecule is c1cc(CCNCc2ccn(C3CCCCC3)n2)cs1. The van der Waals surface area contributed by atoms with Crippen LogP contribution in [0.3, 0.4) is 0 Å². The summed E-state index contributed by atoms with van der Waals surface area (Å²) in [5.41, 5.74) is 2.59. The van der Waals surface area contributed by atoms with Crippen molar-refractivity contribution in [3.63, 3.8) is 0 Å². The van der Waals surface area contributed by atoms with Crippen molar-refractivity contribution < 1.29 is 0 Å². The number of nitrogens with zero attached hydrogens (tertiary/aromatic N) is 2. The Bertz CT molecular complexity index is 498. The number of hydrogen-bond acceptors (Lipinski definition) is 3. The molecule has 1 aliphatic rings. The molecule has 1 saturated carbocycles. The molecule has 0 unspecified atom stereocenters. The Morgan fingerprint density at radius 3 is 2.95 bits per heavy atom. The number of nitrogens with one attached hydrogen (secondary N) is 1. The summed E-state index contributed by atoms with van der Waals surface area (Å²) in [7, 11) is 0. The van der Waals surface area contributed by atoms with E-state index in [9.17, 15) is 0 Å². The Kier molecular flexibility index (Phi) is 4.87. The molecule has 0 saturated heterocycles. The topological polar surface area (TPSA) is 29.9 Å². The van der Waals surface area contributed by atoms with E-state index in [2.05, 4.69) is 39.1 Å². The second-order valence-corrected chi connectivity index (χ2v) is 6.42. The third kappa shape index (κ3) is 3.70. The quantitative estimate of drug-likeness (QED) is 0.820. The van der Waals surface area contributed by atoms with Gasteiger partial charge in [-0.15, -0.1) is 0 Å². The van der Waals surface area contributed by atoms with Crippen LogP contribution < -0.4 is 5.32 Å². The van der Waals surface area contributed by atoms with Crippen molar-refractivity contribution in [3.8, 4) is 0 Å². The number of hydrogen-bond donors (Lipinski definition) is 1. The van der Waals surface area contributed by atoms with Gasteiger partial charge < -0.3 is 5.32 Å². The van der Waals surface area contributed by atoms with Crippen LogP contribution >= 0.6 is 11.3 Å². The van der Waals surface area contributed by atoms with E-state index in [1.165, 1.54) is 43.4 Å². The van der Waals surface area contributed by atoms with Gasteiger partial charge in [-0.25, -0.2) is 0 Å². The highest BCUT2D eigenvalue weighted by Crippen LogP contribution is 2.27. The van der Waals surface area contributed by atoms with E-state index in [-0.39, 0.29) is 0 Å². The highest BCUT2D eigenvalue weighted by atomic mass is 32.1. The molecule has 0 radical (unpaired) electrons. The summed E-state index contributed by atoms with van der Waals surface area (Å²) in [6.07, 6.45) is 9.98. The number of thiophene rings is 1. The number of aromatic nitrogens is 2. The van der Waals surface area contributed by atoms with Gasteiger partial charge in [0.15, 0.2) is 0 Å². The predicted octanol–water partition coefficient (Wildman–Crippen LogP) is 3.78. The molecule has 0 bridgehead atoms. The lowest BCUT2D eigenvalue weighted by atomic mass is 9.96. The fraction of sp³-hybridized carbons (Fsp3) is 0.562. The first-order valence-corrected chi connectivity index (χ1v) is 8.62. The average Bonchev–Trinajstić information content (AvgIpc) is 3.16. The van der Waals surface area contributed by atoms with Crippen molar-refractivity contribution >= 4 is 11.3 Å². The van der Waals surface area contributed by atoms with Crippen molar-refractivity contribution in [1.82, 2.24) is 15.1 Å². The first-order valence-electron chi connectivity index (χ1n) is 7.67. The summed E-state index contributed by atoms with van der Waals surface area (Å²) in [5, 5.41) is 12.6. The van der Waals surface area contributed by atoms with Gasteiger partial charge in [0.05, 0.1) is 11.7 Å². The van der Waals surface area contributed by atoms with E-state index in [0.717, 1.165) is 19.5 Å². The number of rotatable bonds is 6. The third-order valence-corrected chi connectivity index (χ3v) is 4.82. The van der Waals surface area contributed by atoms with Crippen LogP contribution in [0.1, 0.15) is 49.4 Å². The summed E-state index contributed by atoms with van der Waals surface area (Å²) in [4.78, 5) is 0. The minimum Gasteiger partial charge on any atom is -0.311 e. The van der Waals surface area contributed by atoms with E-state index in [1.54, 1.807) is 11.3 Å². The predicted molar refractivity (Wildman–Crippen MR) is 84.1 cm³/mol. The van der Waals surface area contributed by atoms with Crippen molar-refractivity contribution in [2.75, 3.05) is 6.54 Å². The van der Waals surface area contributed by atoms with E-state index in [1.807, 2.05) is 0 Å². The summed E-state index contributed by atoms with van der Waals surface area (Å²) in [6.45, 7) is 1.90. The smallest absolute Gasteiger partial charge is 0.0762 e. The van der Waals surface area contributed by atoms with Crippen LogP contribution in [0.4, 0.5) is 0 Å². The maximum atomic E-state index is 4.72. The molecule has 1 fully saturated rings. The molecule has 2 heterocycles. The van der Waals surface area contributed by atoms with Gasteiger partial charge in [0.2, 0.25) is 0 Å².